The number of nitrogens with zero attached hydrogens (tertiary/aromatic N) is 2. The van der Waals surface area contributed by atoms with Crippen molar-refractivity contribution in [2.75, 3.05) is 51.3 Å². The molecule has 1 fully saturated rings. The molecule has 0 saturated carbocycles. The molecule has 7 nitrogen and oxygen atoms in total. The van der Waals surface area contributed by atoms with E-state index in [1.165, 1.54) is 17.7 Å². The molecule has 0 aromatic heterocycles. The monoisotopic (exact) mass is 490 g/mol. The first kappa shape index (κ1) is 25.7. The Balaban J connectivity index is 1.43. The number of rotatable bonds is 12. The van der Waals surface area contributed by atoms with Crippen molar-refractivity contribution in [1.82, 2.24) is 19.8 Å². The minimum Gasteiger partial charge on any atom is -0.353 e. The van der Waals surface area contributed by atoms with Crippen LogP contribution in [0.25, 0.3) is 0 Å². The van der Waals surface area contributed by atoms with E-state index in [2.05, 4.69) is 44.1 Å². The first-order valence-electron chi connectivity index (χ1n) is 11.3. The van der Waals surface area contributed by atoms with E-state index in [1.54, 1.807) is 30.0 Å². The maximum absolute atomic E-state index is 12.8. The van der Waals surface area contributed by atoms with Crippen LogP contribution in [0.15, 0.2) is 65.6 Å². The highest BCUT2D eigenvalue weighted by molar-refractivity contribution is 7.98. The summed E-state index contributed by atoms with van der Waals surface area (Å²) in [5, 5.41) is 2.93. The summed E-state index contributed by atoms with van der Waals surface area (Å²) in [5.41, 5.74) is 1.33. The van der Waals surface area contributed by atoms with Crippen LogP contribution < -0.4 is 10.0 Å². The summed E-state index contributed by atoms with van der Waals surface area (Å²) in [6.07, 6.45) is 2.38. The smallest absolute Gasteiger partial charge is 0.241 e. The van der Waals surface area contributed by atoms with Crippen LogP contribution in [0.1, 0.15) is 12.0 Å². The first-order valence-corrected chi connectivity index (χ1v) is 14.2. The van der Waals surface area contributed by atoms with Crippen LogP contribution in [0, 0.1) is 0 Å². The third kappa shape index (κ3) is 8.42. The zero-order valence-electron chi connectivity index (χ0n) is 19.2. The predicted molar refractivity (Wildman–Crippen MR) is 135 cm³/mol. The van der Waals surface area contributed by atoms with Gasteiger partial charge in [0.15, 0.2) is 0 Å². The molecule has 1 aliphatic rings. The van der Waals surface area contributed by atoms with Gasteiger partial charge < -0.3 is 5.32 Å². The van der Waals surface area contributed by atoms with Gasteiger partial charge in [0.1, 0.15) is 6.04 Å². The zero-order chi connectivity index (χ0) is 23.5. The molecule has 1 unspecified atom stereocenters. The summed E-state index contributed by atoms with van der Waals surface area (Å²) in [5.74, 6) is 0.421. The molecule has 9 heteroatoms. The molecule has 33 heavy (non-hydrogen) atoms. The molecule has 1 amide bonds. The summed E-state index contributed by atoms with van der Waals surface area (Å²) in [6.45, 7) is 6.13. The fraction of sp³-hybridized carbons (Fsp3) is 0.458. The van der Waals surface area contributed by atoms with Gasteiger partial charge in [-0.25, -0.2) is 8.42 Å². The second-order valence-electron chi connectivity index (χ2n) is 8.16. The molecular weight excluding hydrogens is 456 g/mol. The largest absolute Gasteiger partial charge is 0.353 e. The van der Waals surface area contributed by atoms with Crippen molar-refractivity contribution in [2.24, 2.45) is 0 Å². The Hall–Kier alpha value is -1.91. The van der Waals surface area contributed by atoms with Gasteiger partial charge in [0.25, 0.3) is 0 Å². The van der Waals surface area contributed by atoms with Gasteiger partial charge in [-0.1, -0.05) is 48.5 Å². The van der Waals surface area contributed by atoms with E-state index in [-0.39, 0.29) is 10.8 Å². The highest BCUT2D eigenvalue weighted by Crippen LogP contribution is 2.11. The quantitative estimate of drug-likeness (QED) is 0.474. The lowest BCUT2D eigenvalue weighted by molar-refractivity contribution is -0.122. The Morgan fingerprint density at radius 2 is 1.58 bits per heavy atom. The van der Waals surface area contributed by atoms with E-state index < -0.39 is 16.1 Å². The standard InChI is InChI=1S/C24H34N4O3S2/c1-32-19-12-23(26-33(30,31)22-10-6-3-7-11-22)24(29)25-13-14-27-15-17-28(18-16-27)20-21-8-4-2-5-9-21/h2-11,23,26H,12-20H2,1H3,(H,25,29). The van der Waals surface area contributed by atoms with Gasteiger partial charge in [0.2, 0.25) is 15.9 Å². The number of piperazine rings is 1. The number of nitrogens with one attached hydrogen (secondary N) is 2. The first-order chi connectivity index (χ1) is 16.0. The van der Waals surface area contributed by atoms with Crippen molar-refractivity contribution in [3.8, 4) is 0 Å². The molecule has 0 spiro atoms. The normalized spacial score (nSPS) is 16.4. The average Bonchev–Trinajstić information content (AvgIpc) is 2.84. The predicted octanol–water partition coefficient (Wildman–Crippen LogP) is 2.02. The van der Waals surface area contributed by atoms with Crippen molar-refractivity contribution < 1.29 is 13.2 Å². The number of sulfonamides is 1. The summed E-state index contributed by atoms with van der Waals surface area (Å²) >= 11 is 1.59. The van der Waals surface area contributed by atoms with Gasteiger partial charge in [-0.2, -0.15) is 16.5 Å². The Morgan fingerprint density at radius 3 is 2.21 bits per heavy atom. The highest BCUT2D eigenvalue weighted by atomic mass is 32.2. The molecule has 1 saturated heterocycles. The van der Waals surface area contributed by atoms with Crippen molar-refractivity contribution in [2.45, 2.75) is 23.9 Å². The number of carbonyl (C=O) groups excluding carboxylic acids is 1. The van der Waals surface area contributed by atoms with Gasteiger partial charge in [-0.3, -0.25) is 14.6 Å². The maximum atomic E-state index is 12.8. The van der Waals surface area contributed by atoms with E-state index in [0.717, 1.165) is 39.3 Å². The van der Waals surface area contributed by atoms with Crippen LogP contribution in [0.3, 0.4) is 0 Å². The van der Waals surface area contributed by atoms with Crippen LogP contribution >= 0.6 is 11.8 Å². The molecule has 0 aliphatic carbocycles. The van der Waals surface area contributed by atoms with Crippen molar-refractivity contribution >= 4 is 27.7 Å². The number of amides is 1. The number of hydrogen-bond donors (Lipinski definition) is 2. The molecule has 2 aromatic rings. The van der Waals surface area contributed by atoms with Crippen LogP contribution in [0.4, 0.5) is 0 Å². The van der Waals surface area contributed by atoms with Crippen LogP contribution in [0.2, 0.25) is 0 Å². The van der Waals surface area contributed by atoms with Crippen LogP contribution in [0.5, 0.6) is 0 Å². The maximum Gasteiger partial charge on any atom is 0.241 e. The Bertz CT molecular complexity index is 950. The molecule has 0 bridgehead atoms. The Kier molecular flexibility index (Phi) is 10.2. The third-order valence-corrected chi connectivity index (χ3v) is 7.85. The fourth-order valence-electron chi connectivity index (χ4n) is 3.81. The van der Waals surface area contributed by atoms with Crippen LogP contribution in [-0.4, -0.2) is 81.4 Å². The fourth-order valence-corrected chi connectivity index (χ4v) is 5.53. The van der Waals surface area contributed by atoms with E-state index in [1.807, 2.05) is 12.3 Å². The Labute approximate surface area is 202 Å². The SMILES string of the molecule is CSCCC(NS(=O)(=O)c1ccccc1)C(=O)NCCN1CCN(Cc2ccccc2)CC1. The summed E-state index contributed by atoms with van der Waals surface area (Å²) in [7, 11) is -3.75. The lowest BCUT2D eigenvalue weighted by Crippen LogP contribution is -2.50. The van der Waals surface area contributed by atoms with Gasteiger partial charge in [-0.15, -0.1) is 0 Å². The molecule has 3 rings (SSSR count). The number of thioether (sulfide) groups is 1. The van der Waals surface area contributed by atoms with E-state index in [4.69, 9.17) is 0 Å². The molecule has 1 heterocycles. The molecule has 1 aliphatic heterocycles. The minimum atomic E-state index is -3.75. The summed E-state index contributed by atoms with van der Waals surface area (Å²) in [6, 6.07) is 17.9. The van der Waals surface area contributed by atoms with Crippen molar-refractivity contribution in [1.29, 1.82) is 0 Å². The zero-order valence-corrected chi connectivity index (χ0v) is 20.8. The van der Waals surface area contributed by atoms with Crippen LogP contribution in [-0.2, 0) is 21.4 Å². The number of benzene rings is 2. The topological polar surface area (TPSA) is 81.7 Å². The van der Waals surface area contributed by atoms with E-state index in [0.29, 0.717) is 18.7 Å². The highest BCUT2D eigenvalue weighted by Gasteiger charge is 2.25. The number of hydrogen-bond acceptors (Lipinski definition) is 6. The third-order valence-electron chi connectivity index (χ3n) is 5.72. The summed E-state index contributed by atoms with van der Waals surface area (Å²) in [4.78, 5) is 17.7. The van der Waals surface area contributed by atoms with Crippen molar-refractivity contribution in [3.05, 3.63) is 66.2 Å². The van der Waals surface area contributed by atoms with Crippen molar-refractivity contribution in [3.63, 3.8) is 0 Å². The average molecular weight is 491 g/mol. The molecule has 2 N–H and O–H groups in total. The van der Waals surface area contributed by atoms with E-state index >= 15 is 0 Å². The Morgan fingerprint density at radius 1 is 0.970 bits per heavy atom. The molecule has 180 valence electrons. The van der Waals surface area contributed by atoms with Gasteiger partial charge >= 0.3 is 0 Å². The van der Waals surface area contributed by atoms with Gasteiger partial charge in [0, 0.05) is 45.8 Å². The molecular formula is C24H34N4O3S2. The molecule has 0 radical (unpaired) electrons. The van der Waals surface area contributed by atoms with Gasteiger partial charge in [-0.05, 0) is 36.1 Å². The minimum absolute atomic E-state index is 0.167. The second-order valence-corrected chi connectivity index (χ2v) is 10.9. The lowest BCUT2D eigenvalue weighted by atomic mass is 10.2. The lowest BCUT2D eigenvalue weighted by Gasteiger charge is -2.34. The molecule has 2 aromatic carbocycles. The number of carbonyl (C=O) groups is 1. The molecule has 1 atom stereocenters. The van der Waals surface area contributed by atoms with E-state index in [9.17, 15) is 13.2 Å². The second kappa shape index (κ2) is 13.1. The summed E-state index contributed by atoms with van der Waals surface area (Å²) < 4.78 is 28.0. The van der Waals surface area contributed by atoms with Gasteiger partial charge in [0.05, 0.1) is 4.90 Å².